The second-order valence-electron chi connectivity index (χ2n) is 3.93. The van der Waals surface area contributed by atoms with Crippen molar-refractivity contribution in [2.75, 3.05) is 11.9 Å². The lowest BCUT2D eigenvalue weighted by molar-refractivity contribution is 0.183. The van der Waals surface area contributed by atoms with E-state index in [-0.39, 0.29) is 6.10 Å². The molecule has 1 unspecified atom stereocenters. The van der Waals surface area contributed by atoms with Crippen LogP contribution in [0.25, 0.3) is 0 Å². The Balaban J connectivity index is 2.58. The quantitative estimate of drug-likeness (QED) is 0.776. The molecule has 4 nitrogen and oxygen atoms in total. The Labute approximate surface area is 90.8 Å². The van der Waals surface area contributed by atoms with Crippen molar-refractivity contribution in [2.45, 2.75) is 39.2 Å². The van der Waals surface area contributed by atoms with Gasteiger partial charge in [0.25, 0.3) is 0 Å². The highest BCUT2D eigenvalue weighted by atomic mass is 16.3. The van der Waals surface area contributed by atoms with E-state index in [2.05, 4.69) is 29.1 Å². The first-order valence-electron chi connectivity index (χ1n) is 5.37. The van der Waals surface area contributed by atoms with Crippen molar-refractivity contribution in [1.82, 2.24) is 9.97 Å². The molecule has 0 saturated heterocycles. The molecule has 0 aliphatic carbocycles. The summed E-state index contributed by atoms with van der Waals surface area (Å²) in [6.07, 6.45) is 1.98. The fourth-order valence-corrected chi connectivity index (χ4v) is 1.15. The third-order valence-electron chi connectivity index (χ3n) is 2.27. The topological polar surface area (TPSA) is 58.0 Å². The number of rotatable bonds is 5. The Morgan fingerprint density at radius 1 is 1.40 bits per heavy atom. The first-order chi connectivity index (χ1) is 7.13. The number of aromatic nitrogens is 2. The SMILES string of the molecule is CCC(O)CNc1cc(C(C)C)ncn1. The molecule has 0 spiro atoms. The van der Waals surface area contributed by atoms with Gasteiger partial charge in [-0.05, 0) is 12.3 Å². The predicted octanol–water partition coefficient (Wildman–Crippen LogP) is 1.78. The van der Waals surface area contributed by atoms with Crippen LogP contribution in [0.3, 0.4) is 0 Å². The van der Waals surface area contributed by atoms with Gasteiger partial charge >= 0.3 is 0 Å². The lowest BCUT2D eigenvalue weighted by Crippen LogP contribution is -2.18. The van der Waals surface area contributed by atoms with Crippen LogP contribution < -0.4 is 5.32 Å². The highest BCUT2D eigenvalue weighted by Gasteiger charge is 2.04. The molecule has 4 heteroatoms. The normalized spacial score (nSPS) is 12.9. The lowest BCUT2D eigenvalue weighted by Gasteiger charge is -2.11. The molecule has 15 heavy (non-hydrogen) atoms. The Hall–Kier alpha value is -1.16. The predicted molar refractivity (Wildman–Crippen MR) is 60.9 cm³/mol. The zero-order valence-corrected chi connectivity index (χ0v) is 9.57. The summed E-state index contributed by atoms with van der Waals surface area (Å²) < 4.78 is 0. The molecule has 0 bridgehead atoms. The molecule has 0 fully saturated rings. The molecule has 0 aromatic carbocycles. The van der Waals surface area contributed by atoms with Crippen LogP contribution in [0.5, 0.6) is 0 Å². The average Bonchev–Trinajstić information content (AvgIpc) is 2.26. The summed E-state index contributed by atoms with van der Waals surface area (Å²) in [5, 5.41) is 12.5. The fraction of sp³-hybridized carbons (Fsp3) is 0.636. The minimum Gasteiger partial charge on any atom is -0.391 e. The van der Waals surface area contributed by atoms with Gasteiger partial charge in [0.2, 0.25) is 0 Å². The summed E-state index contributed by atoms with van der Waals surface area (Å²) >= 11 is 0. The standard InChI is InChI=1S/C11H19N3O/c1-4-9(15)6-12-11-5-10(8(2)3)13-7-14-11/h5,7-9,15H,4,6H2,1-3H3,(H,12,13,14). The molecular weight excluding hydrogens is 190 g/mol. The summed E-state index contributed by atoms with van der Waals surface area (Å²) in [6, 6.07) is 1.92. The summed E-state index contributed by atoms with van der Waals surface area (Å²) in [4.78, 5) is 8.27. The fourth-order valence-electron chi connectivity index (χ4n) is 1.15. The van der Waals surface area contributed by atoms with E-state index in [9.17, 15) is 5.11 Å². The number of hydrogen-bond acceptors (Lipinski definition) is 4. The summed E-state index contributed by atoms with van der Waals surface area (Å²) in [6.45, 7) is 6.66. The number of nitrogens with zero attached hydrogens (tertiary/aromatic N) is 2. The van der Waals surface area contributed by atoms with E-state index in [1.807, 2.05) is 13.0 Å². The Morgan fingerprint density at radius 2 is 2.13 bits per heavy atom. The van der Waals surface area contributed by atoms with Gasteiger partial charge in [-0.2, -0.15) is 0 Å². The highest BCUT2D eigenvalue weighted by molar-refractivity contribution is 5.35. The number of aliphatic hydroxyl groups excluding tert-OH is 1. The smallest absolute Gasteiger partial charge is 0.129 e. The Bertz CT molecular complexity index is 302. The minimum absolute atomic E-state index is 0.317. The molecule has 84 valence electrons. The molecule has 2 N–H and O–H groups in total. The molecular formula is C11H19N3O. The van der Waals surface area contributed by atoms with Gasteiger partial charge in [0.05, 0.1) is 6.10 Å². The van der Waals surface area contributed by atoms with Crippen LogP contribution in [0.4, 0.5) is 5.82 Å². The third-order valence-corrected chi connectivity index (χ3v) is 2.27. The average molecular weight is 209 g/mol. The van der Waals surface area contributed by atoms with Gasteiger partial charge in [-0.25, -0.2) is 9.97 Å². The first kappa shape index (κ1) is 11.9. The van der Waals surface area contributed by atoms with Crippen LogP contribution in [0.2, 0.25) is 0 Å². The molecule has 0 amide bonds. The van der Waals surface area contributed by atoms with Gasteiger partial charge in [-0.3, -0.25) is 0 Å². The van der Waals surface area contributed by atoms with Crippen molar-refractivity contribution in [1.29, 1.82) is 0 Å². The van der Waals surface area contributed by atoms with Crippen molar-refractivity contribution in [3.63, 3.8) is 0 Å². The first-order valence-corrected chi connectivity index (χ1v) is 5.37. The van der Waals surface area contributed by atoms with Crippen molar-refractivity contribution in [3.05, 3.63) is 18.1 Å². The van der Waals surface area contributed by atoms with Gasteiger partial charge in [0.15, 0.2) is 0 Å². The molecule has 0 aliphatic heterocycles. The van der Waals surface area contributed by atoms with Crippen LogP contribution in [-0.4, -0.2) is 27.7 Å². The Morgan fingerprint density at radius 3 is 2.73 bits per heavy atom. The number of hydrogen-bond donors (Lipinski definition) is 2. The van der Waals surface area contributed by atoms with Crippen LogP contribution in [0.1, 0.15) is 38.8 Å². The zero-order valence-electron chi connectivity index (χ0n) is 9.57. The zero-order chi connectivity index (χ0) is 11.3. The van der Waals surface area contributed by atoms with E-state index < -0.39 is 0 Å². The van der Waals surface area contributed by atoms with Crippen LogP contribution in [0, 0.1) is 0 Å². The molecule has 1 atom stereocenters. The highest BCUT2D eigenvalue weighted by Crippen LogP contribution is 2.13. The van der Waals surface area contributed by atoms with Gasteiger partial charge in [-0.1, -0.05) is 20.8 Å². The second kappa shape index (κ2) is 5.66. The largest absolute Gasteiger partial charge is 0.391 e. The molecule has 0 aliphatic rings. The van der Waals surface area contributed by atoms with Gasteiger partial charge in [0.1, 0.15) is 12.1 Å². The third kappa shape index (κ3) is 3.83. The van der Waals surface area contributed by atoms with Crippen molar-refractivity contribution < 1.29 is 5.11 Å². The van der Waals surface area contributed by atoms with E-state index >= 15 is 0 Å². The minimum atomic E-state index is -0.317. The molecule has 0 radical (unpaired) electrons. The van der Waals surface area contributed by atoms with Crippen molar-refractivity contribution in [2.24, 2.45) is 0 Å². The van der Waals surface area contributed by atoms with E-state index in [0.29, 0.717) is 12.5 Å². The van der Waals surface area contributed by atoms with E-state index in [4.69, 9.17) is 0 Å². The number of aliphatic hydroxyl groups is 1. The van der Waals surface area contributed by atoms with E-state index in [0.717, 1.165) is 17.9 Å². The van der Waals surface area contributed by atoms with Crippen LogP contribution in [-0.2, 0) is 0 Å². The summed E-state index contributed by atoms with van der Waals surface area (Å²) in [5.41, 5.74) is 1.01. The monoisotopic (exact) mass is 209 g/mol. The van der Waals surface area contributed by atoms with Gasteiger partial charge in [0, 0.05) is 18.3 Å². The summed E-state index contributed by atoms with van der Waals surface area (Å²) in [5.74, 6) is 1.17. The van der Waals surface area contributed by atoms with E-state index in [1.165, 1.54) is 0 Å². The second-order valence-corrected chi connectivity index (χ2v) is 3.93. The molecule has 1 aromatic rings. The van der Waals surface area contributed by atoms with E-state index in [1.54, 1.807) is 6.33 Å². The number of nitrogens with one attached hydrogen (secondary N) is 1. The van der Waals surface area contributed by atoms with Crippen LogP contribution >= 0.6 is 0 Å². The maximum Gasteiger partial charge on any atom is 0.129 e. The Kier molecular flexibility index (Phi) is 4.49. The van der Waals surface area contributed by atoms with Gasteiger partial charge in [-0.15, -0.1) is 0 Å². The van der Waals surface area contributed by atoms with Crippen molar-refractivity contribution >= 4 is 5.82 Å². The summed E-state index contributed by atoms with van der Waals surface area (Å²) in [7, 11) is 0. The molecule has 1 aromatic heterocycles. The molecule has 0 saturated carbocycles. The van der Waals surface area contributed by atoms with Crippen LogP contribution in [0.15, 0.2) is 12.4 Å². The number of anilines is 1. The molecule has 1 heterocycles. The maximum absolute atomic E-state index is 9.39. The lowest BCUT2D eigenvalue weighted by atomic mass is 10.1. The molecule has 1 rings (SSSR count). The van der Waals surface area contributed by atoms with Gasteiger partial charge < -0.3 is 10.4 Å². The van der Waals surface area contributed by atoms with Crippen molar-refractivity contribution in [3.8, 4) is 0 Å². The maximum atomic E-state index is 9.39.